The molecular weight excluding hydrogens is 196 g/mol. The number of nitrogens with zero attached hydrogens (tertiary/aromatic N) is 2. The molecule has 2 rings (SSSR count). The summed E-state index contributed by atoms with van der Waals surface area (Å²) in [6, 6.07) is 3.53. The number of pyridine rings is 1. The monoisotopic (exact) mass is 206 g/mol. The second-order valence-electron chi connectivity index (χ2n) is 2.93. The topological polar surface area (TPSA) is 81.6 Å². The van der Waals surface area contributed by atoms with Crippen molar-refractivity contribution in [3.05, 3.63) is 30.2 Å². The van der Waals surface area contributed by atoms with E-state index >= 15 is 0 Å². The molecule has 0 atom stereocenters. The molecule has 1 amide bonds. The van der Waals surface area contributed by atoms with Crippen molar-refractivity contribution in [1.82, 2.24) is 14.8 Å². The highest BCUT2D eigenvalue weighted by Gasteiger charge is 2.08. The van der Waals surface area contributed by atoms with Gasteiger partial charge in [0.15, 0.2) is 0 Å². The predicted octanol–water partition coefficient (Wildman–Crippen LogP) is -0.0536. The summed E-state index contributed by atoms with van der Waals surface area (Å²) >= 11 is 0. The fourth-order valence-electron chi connectivity index (χ4n) is 1.28. The Labute approximate surface area is 85.6 Å². The highest BCUT2D eigenvalue weighted by molar-refractivity contribution is 5.92. The number of methoxy groups -OCH3 is 1. The van der Waals surface area contributed by atoms with Crippen LogP contribution in [0.2, 0.25) is 0 Å². The Kier molecular flexibility index (Phi) is 2.26. The standard InChI is InChI=1S/C9H10N4O2/c1-15-6-2-3-8-11-7(9(14)12-10)5-13(8)4-6/h2-5H,10H2,1H3,(H,12,14). The van der Waals surface area contributed by atoms with Gasteiger partial charge in [-0.3, -0.25) is 10.2 Å². The maximum Gasteiger partial charge on any atom is 0.285 e. The van der Waals surface area contributed by atoms with E-state index in [1.807, 2.05) is 5.43 Å². The Morgan fingerprint density at radius 1 is 1.53 bits per heavy atom. The van der Waals surface area contributed by atoms with E-state index < -0.39 is 5.91 Å². The maximum atomic E-state index is 11.2. The summed E-state index contributed by atoms with van der Waals surface area (Å²) in [5.74, 6) is 5.28. The fraction of sp³-hybridized carbons (Fsp3) is 0.111. The number of nitrogens with two attached hydrogens (primary N) is 1. The molecule has 0 saturated heterocycles. The molecule has 3 N–H and O–H groups in total. The van der Waals surface area contributed by atoms with E-state index in [1.54, 1.807) is 36.0 Å². The smallest absolute Gasteiger partial charge is 0.285 e. The van der Waals surface area contributed by atoms with E-state index in [2.05, 4.69) is 4.98 Å². The first kappa shape index (κ1) is 9.47. The van der Waals surface area contributed by atoms with Gasteiger partial charge in [0.1, 0.15) is 17.1 Å². The van der Waals surface area contributed by atoms with Gasteiger partial charge in [0.25, 0.3) is 5.91 Å². The number of hydrogen-bond donors (Lipinski definition) is 2. The maximum absolute atomic E-state index is 11.2. The van der Waals surface area contributed by atoms with Crippen LogP contribution in [0.1, 0.15) is 10.5 Å². The van der Waals surface area contributed by atoms with Gasteiger partial charge in [-0.05, 0) is 12.1 Å². The van der Waals surface area contributed by atoms with Gasteiger partial charge in [0, 0.05) is 6.20 Å². The van der Waals surface area contributed by atoms with Crippen LogP contribution in [0.5, 0.6) is 5.75 Å². The van der Waals surface area contributed by atoms with E-state index in [9.17, 15) is 4.79 Å². The van der Waals surface area contributed by atoms with E-state index in [1.165, 1.54) is 0 Å². The molecule has 0 saturated carbocycles. The van der Waals surface area contributed by atoms with E-state index in [4.69, 9.17) is 10.6 Å². The lowest BCUT2D eigenvalue weighted by atomic mass is 10.4. The molecule has 0 aliphatic carbocycles. The van der Waals surface area contributed by atoms with E-state index in [-0.39, 0.29) is 5.69 Å². The zero-order chi connectivity index (χ0) is 10.8. The molecule has 2 heterocycles. The molecule has 0 bridgehead atoms. The molecule has 6 nitrogen and oxygen atoms in total. The summed E-state index contributed by atoms with van der Waals surface area (Å²) in [5, 5.41) is 0. The summed E-state index contributed by atoms with van der Waals surface area (Å²) in [7, 11) is 1.57. The normalized spacial score (nSPS) is 10.3. The lowest BCUT2D eigenvalue weighted by Gasteiger charge is -1.98. The summed E-state index contributed by atoms with van der Waals surface area (Å²) in [6.45, 7) is 0. The van der Waals surface area contributed by atoms with Crippen LogP contribution in [-0.2, 0) is 0 Å². The number of amides is 1. The van der Waals surface area contributed by atoms with Crippen LogP contribution in [0.3, 0.4) is 0 Å². The van der Waals surface area contributed by atoms with Crippen LogP contribution in [0.15, 0.2) is 24.5 Å². The minimum atomic E-state index is -0.419. The van der Waals surface area contributed by atoms with Crippen LogP contribution in [-0.4, -0.2) is 22.4 Å². The fourth-order valence-corrected chi connectivity index (χ4v) is 1.28. The van der Waals surface area contributed by atoms with E-state index in [0.717, 1.165) is 0 Å². The van der Waals surface area contributed by atoms with Crippen LogP contribution < -0.4 is 16.0 Å². The lowest BCUT2D eigenvalue weighted by molar-refractivity contribution is 0.0949. The Morgan fingerprint density at radius 3 is 3.00 bits per heavy atom. The molecule has 0 spiro atoms. The van der Waals surface area contributed by atoms with Crippen molar-refractivity contribution in [2.24, 2.45) is 5.84 Å². The molecule has 0 radical (unpaired) electrons. The van der Waals surface area contributed by atoms with Crippen LogP contribution in [0, 0.1) is 0 Å². The average molecular weight is 206 g/mol. The minimum absolute atomic E-state index is 0.269. The van der Waals surface area contributed by atoms with Gasteiger partial charge >= 0.3 is 0 Å². The summed E-state index contributed by atoms with van der Waals surface area (Å²) in [4.78, 5) is 15.3. The molecule has 0 aromatic carbocycles. The zero-order valence-corrected chi connectivity index (χ0v) is 8.10. The number of carbonyl (C=O) groups excluding carboxylic acids is 1. The molecular formula is C9H10N4O2. The second-order valence-corrected chi connectivity index (χ2v) is 2.93. The number of rotatable bonds is 2. The number of hydrogen-bond acceptors (Lipinski definition) is 4. The summed E-state index contributed by atoms with van der Waals surface area (Å²) in [5.41, 5.74) is 2.96. The van der Waals surface area contributed by atoms with Crippen molar-refractivity contribution in [1.29, 1.82) is 0 Å². The van der Waals surface area contributed by atoms with Crippen molar-refractivity contribution in [3.63, 3.8) is 0 Å². The number of nitrogens with one attached hydrogen (secondary N) is 1. The molecule has 0 unspecified atom stereocenters. The van der Waals surface area contributed by atoms with Crippen molar-refractivity contribution < 1.29 is 9.53 Å². The number of hydrazine groups is 1. The Hall–Kier alpha value is -2.08. The highest BCUT2D eigenvalue weighted by atomic mass is 16.5. The first-order valence-corrected chi connectivity index (χ1v) is 4.28. The third-order valence-electron chi connectivity index (χ3n) is 2.02. The van der Waals surface area contributed by atoms with Crippen molar-refractivity contribution in [2.45, 2.75) is 0 Å². The molecule has 78 valence electrons. The van der Waals surface area contributed by atoms with Crippen molar-refractivity contribution in [2.75, 3.05) is 7.11 Å². The quantitative estimate of drug-likeness (QED) is 0.410. The number of nitrogen functional groups attached to an aromatic ring is 1. The molecule has 6 heteroatoms. The Bertz CT molecular complexity index is 506. The van der Waals surface area contributed by atoms with Gasteiger partial charge in [-0.25, -0.2) is 10.8 Å². The molecule has 15 heavy (non-hydrogen) atoms. The number of aromatic nitrogens is 2. The minimum Gasteiger partial charge on any atom is -0.495 e. The number of ether oxygens (including phenoxy) is 1. The van der Waals surface area contributed by atoms with E-state index in [0.29, 0.717) is 11.4 Å². The third kappa shape index (κ3) is 1.62. The van der Waals surface area contributed by atoms with Crippen molar-refractivity contribution >= 4 is 11.6 Å². The van der Waals surface area contributed by atoms with Gasteiger partial charge in [0.2, 0.25) is 0 Å². The van der Waals surface area contributed by atoms with Gasteiger partial charge in [0.05, 0.1) is 13.3 Å². The first-order chi connectivity index (χ1) is 7.24. The van der Waals surface area contributed by atoms with Gasteiger partial charge in [-0.15, -0.1) is 0 Å². The largest absolute Gasteiger partial charge is 0.495 e. The summed E-state index contributed by atoms with van der Waals surface area (Å²) < 4.78 is 6.74. The first-order valence-electron chi connectivity index (χ1n) is 4.28. The van der Waals surface area contributed by atoms with Gasteiger partial charge in [-0.1, -0.05) is 0 Å². The van der Waals surface area contributed by atoms with Gasteiger partial charge < -0.3 is 9.14 Å². The van der Waals surface area contributed by atoms with Crippen LogP contribution in [0.4, 0.5) is 0 Å². The second kappa shape index (κ2) is 3.58. The molecule has 2 aromatic rings. The Balaban J connectivity index is 2.51. The molecule has 0 fully saturated rings. The lowest BCUT2D eigenvalue weighted by Crippen LogP contribution is -2.30. The van der Waals surface area contributed by atoms with Gasteiger partial charge in [-0.2, -0.15) is 0 Å². The third-order valence-corrected chi connectivity index (χ3v) is 2.02. The highest BCUT2D eigenvalue weighted by Crippen LogP contribution is 2.12. The average Bonchev–Trinajstić information content (AvgIpc) is 2.70. The predicted molar refractivity (Wildman–Crippen MR) is 53.4 cm³/mol. The molecule has 2 aromatic heterocycles. The van der Waals surface area contributed by atoms with Crippen LogP contribution in [0.25, 0.3) is 5.65 Å². The number of carbonyl (C=O) groups is 1. The summed E-state index contributed by atoms with van der Waals surface area (Å²) in [6.07, 6.45) is 3.32. The molecule has 0 aliphatic heterocycles. The number of imidazole rings is 1. The zero-order valence-electron chi connectivity index (χ0n) is 8.10. The molecule has 0 aliphatic rings. The van der Waals surface area contributed by atoms with Crippen LogP contribution >= 0.6 is 0 Å². The Morgan fingerprint density at radius 2 is 2.33 bits per heavy atom. The number of fused-ring (bicyclic) bond motifs is 1. The van der Waals surface area contributed by atoms with Crippen molar-refractivity contribution in [3.8, 4) is 5.75 Å². The SMILES string of the molecule is COc1ccc2nc(C(=O)NN)cn2c1.